The van der Waals surface area contributed by atoms with E-state index in [-0.39, 0.29) is 5.41 Å². The Bertz CT molecular complexity index is 857. The Morgan fingerprint density at radius 3 is 2.54 bits per heavy atom. The predicted molar refractivity (Wildman–Crippen MR) is 118 cm³/mol. The lowest BCUT2D eigenvalue weighted by molar-refractivity contribution is 0.000325. The van der Waals surface area contributed by atoms with Gasteiger partial charge in [-0.3, -0.25) is 0 Å². The van der Waals surface area contributed by atoms with Crippen LogP contribution in [0.1, 0.15) is 25.0 Å². The van der Waals surface area contributed by atoms with Gasteiger partial charge in [0.2, 0.25) is 0 Å². The van der Waals surface area contributed by atoms with Gasteiger partial charge in [0.15, 0.2) is 5.72 Å². The molecular formula is C22H25IN2O. The monoisotopic (exact) mass is 460 g/mol. The zero-order chi connectivity index (χ0) is 18.5. The van der Waals surface area contributed by atoms with Crippen LogP contribution in [0.5, 0.6) is 0 Å². The zero-order valence-corrected chi connectivity index (χ0v) is 17.9. The van der Waals surface area contributed by atoms with E-state index in [1.807, 2.05) is 0 Å². The molecule has 3 nitrogen and oxygen atoms in total. The summed E-state index contributed by atoms with van der Waals surface area (Å²) in [6, 6.07) is 15.4. The number of benzene rings is 2. The summed E-state index contributed by atoms with van der Waals surface area (Å²) in [5.74, 6) is 0. The lowest BCUT2D eigenvalue weighted by Crippen LogP contribution is -2.51. The number of hydrogen-bond acceptors (Lipinski definition) is 3. The number of fused-ring (bicyclic) bond motifs is 3. The first-order chi connectivity index (χ1) is 12.3. The topological polar surface area (TPSA) is 15.7 Å². The van der Waals surface area contributed by atoms with Crippen LogP contribution in [-0.4, -0.2) is 33.0 Å². The molecule has 2 aromatic carbocycles. The molecule has 4 rings (SSSR count). The summed E-state index contributed by atoms with van der Waals surface area (Å²) >= 11 is 2.40. The minimum atomic E-state index is -0.417. The first-order valence-electron chi connectivity index (χ1n) is 9.03. The van der Waals surface area contributed by atoms with Crippen molar-refractivity contribution in [3.05, 3.63) is 63.2 Å². The highest BCUT2D eigenvalue weighted by Gasteiger charge is 2.59. The second-order valence-electron chi connectivity index (χ2n) is 7.80. The van der Waals surface area contributed by atoms with E-state index >= 15 is 0 Å². The fourth-order valence-electron chi connectivity index (χ4n) is 4.23. The lowest BCUT2D eigenvalue weighted by Gasteiger charge is -2.39. The fraction of sp³-hybridized carbons (Fsp3) is 0.364. The molecule has 4 heteroatoms. The van der Waals surface area contributed by atoms with Crippen LogP contribution in [0, 0.1) is 3.57 Å². The molecule has 2 aromatic rings. The number of anilines is 2. The van der Waals surface area contributed by atoms with Gasteiger partial charge in [-0.2, -0.15) is 0 Å². The van der Waals surface area contributed by atoms with Crippen LogP contribution in [0.15, 0.2) is 48.5 Å². The van der Waals surface area contributed by atoms with Gasteiger partial charge >= 0.3 is 0 Å². The van der Waals surface area contributed by atoms with Gasteiger partial charge in [-0.15, -0.1) is 0 Å². The van der Waals surface area contributed by atoms with Crippen molar-refractivity contribution in [2.45, 2.75) is 25.0 Å². The number of halogens is 1. The van der Waals surface area contributed by atoms with Gasteiger partial charge in [0.05, 0.1) is 6.61 Å². The molecule has 0 amide bonds. The Morgan fingerprint density at radius 2 is 1.85 bits per heavy atom. The van der Waals surface area contributed by atoms with Crippen molar-refractivity contribution in [2.24, 2.45) is 0 Å². The third kappa shape index (κ3) is 2.57. The molecule has 26 heavy (non-hydrogen) atoms. The SMILES string of the molecule is CN(C)c1ccc(/C=C/C23OCCN2c2ccc(I)cc2C3(C)C)cc1. The second-order valence-corrected chi connectivity index (χ2v) is 9.05. The van der Waals surface area contributed by atoms with Crippen LogP contribution in [0.25, 0.3) is 6.08 Å². The van der Waals surface area contributed by atoms with Crippen LogP contribution in [0.4, 0.5) is 11.4 Å². The van der Waals surface area contributed by atoms with Gasteiger partial charge in [0.1, 0.15) is 0 Å². The normalized spacial score (nSPS) is 23.3. The molecule has 0 radical (unpaired) electrons. The molecule has 0 N–H and O–H groups in total. The Kier molecular flexibility index (Phi) is 4.31. The van der Waals surface area contributed by atoms with Crippen molar-refractivity contribution in [1.82, 2.24) is 0 Å². The van der Waals surface area contributed by atoms with Crippen molar-refractivity contribution >= 4 is 40.0 Å². The molecule has 0 spiro atoms. The van der Waals surface area contributed by atoms with E-state index in [4.69, 9.17) is 4.74 Å². The summed E-state index contributed by atoms with van der Waals surface area (Å²) in [5, 5.41) is 0. The van der Waals surface area contributed by atoms with E-state index in [0.29, 0.717) is 0 Å². The van der Waals surface area contributed by atoms with Crippen molar-refractivity contribution in [3.63, 3.8) is 0 Å². The van der Waals surface area contributed by atoms with Crippen LogP contribution in [-0.2, 0) is 10.2 Å². The molecule has 136 valence electrons. The summed E-state index contributed by atoms with van der Waals surface area (Å²) < 4.78 is 7.69. The number of ether oxygens (including phenoxy) is 1. The van der Waals surface area contributed by atoms with E-state index in [1.54, 1.807) is 0 Å². The summed E-state index contributed by atoms with van der Waals surface area (Å²) in [6.45, 7) is 6.29. The Labute approximate surface area is 169 Å². The first kappa shape index (κ1) is 17.9. The van der Waals surface area contributed by atoms with E-state index in [0.717, 1.165) is 13.2 Å². The fourth-order valence-corrected chi connectivity index (χ4v) is 4.72. The molecule has 0 saturated carbocycles. The number of hydrogen-bond donors (Lipinski definition) is 0. The molecule has 2 aliphatic heterocycles. The van der Waals surface area contributed by atoms with Crippen molar-refractivity contribution in [2.75, 3.05) is 37.0 Å². The van der Waals surface area contributed by atoms with Gasteiger partial charge in [-0.25, -0.2) is 0 Å². The Balaban J connectivity index is 1.73. The van der Waals surface area contributed by atoms with E-state index in [9.17, 15) is 0 Å². The maximum absolute atomic E-state index is 6.41. The standard InChI is InChI=1S/C22H25IN2O/c1-21(2)19-15-17(23)7-10-20(19)25-13-14-26-22(21,25)12-11-16-5-8-18(9-6-16)24(3)4/h5-12,15H,13-14H2,1-4H3/b12-11+. The molecule has 1 unspecified atom stereocenters. The maximum Gasteiger partial charge on any atom is 0.170 e. The zero-order valence-electron chi connectivity index (χ0n) is 15.8. The molecule has 0 bridgehead atoms. The Morgan fingerprint density at radius 1 is 1.12 bits per heavy atom. The largest absolute Gasteiger partial charge is 0.378 e. The maximum atomic E-state index is 6.41. The summed E-state index contributed by atoms with van der Waals surface area (Å²) in [6.07, 6.45) is 4.47. The minimum Gasteiger partial charge on any atom is -0.378 e. The van der Waals surface area contributed by atoms with Crippen LogP contribution >= 0.6 is 22.6 Å². The summed E-state index contributed by atoms with van der Waals surface area (Å²) in [7, 11) is 4.13. The van der Waals surface area contributed by atoms with E-state index in [1.165, 1.54) is 26.1 Å². The van der Waals surface area contributed by atoms with E-state index < -0.39 is 5.72 Å². The van der Waals surface area contributed by atoms with Crippen molar-refractivity contribution in [1.29, 1.82) is 0 Å². The highest BCUT2D eigenvalue weighted by molar-refractivity contribution is 14.1. The van der Waals surface area contributed by atoms with Crippen molar-refractivity contribution < 1.29 is 4.74 Å². The number of rotatable bonds is 3. The molecule has 0 aromatic heterocycles. The lowest BCUT2D eigenvalue weighted by atomic mass is 9.77. The predicted octanol–water partition coefficient (Wildman–Crippen LogP) is 4.89. The van der Waals surface area contributed by atoms with Gasteiger partial charge in [0, 0.05) is 41.0 Å². The van der Waals surface area contributed by atoms with Gasteiger partial charge in [-0.05, 0) is 70.1 Å². The summed E-state index contributed by atoms with van der Waals surface area (Å²) in [5.41, 5.74) is 4.56. The van der Waals surface area contributed by atoms with Crippen LogP contribution in [0.3, 0.4) is 0 Å². The highest BCUT2D eigenvalue weighted by atomic mass is 127. The second kappa shape index (κ2) is 6.27. The quantitative estimate of drug-likeness (QED) is 0.607. The molecule has 1 saturated heterocycles. The molecular weight excluding hydrogens is 435 g/mol. The summed E-state index contributed by atoms with van der Waals surface area (Å²) in [4.78, 5) is 4.55. The molecule has 2 aliphatic rings. The third-order valence-electron chi connectivity index (χ3n) is 5.77. The van der Waals surface area contributed by atoms with Crippen molar-refractivity contribution in [3.8, 4) is 0 Å². The number of nitrogens with zero attached hydrogens (tertiary/aromatic N) is 2. The minimum absolute atomic E-state index is 0.111. The average Bonchev–Trinajstić information content (AvgIpc) is 3.11. The van der Waals surface area contributed by atoms with Gasteiger partial charge in [0.25, 0.3) is 0 Å². The molecule has 2 heterocycles. The smallest absolute Gasteiger partial charge is 0.170 e. The third-order valence-corrected chi connectivity index (χ3v) is 6.44. The van der Waals surface area contributed by atoms with Crippen LogP contribution in [0.2, 0.25) is 0 Å². The van der Waals surface area contributed by atoms with Crippen LogP contribution < -0.4 is 9.80 Å². The highest BCUT2D eigenvalue weighted by Crippen LogP contribution is 2.55. The first-order valence-corrected chi connectivity index (χ1v) is 10.1. The molecule has 1 atom stereocenters. The molecule has 1 fully saturated rings. The van der Waals surface area contributed by atoms with E-state index in [2.05, 4.69) is 115 Å². The van der Waals surface area contributed by atoms with Gasteiger partial charge in [-0.1, -0.05) is 32.1 Å². The Hall–Kier alpha value is -1.53. The average molecular weight is 460 g/mol. The molecule has 0 aliphatic carbocycles. The van der Waals surface area contributed by atoms with Gasteiger partial charge < -0.3 is 14.5 Å².